The maximum atomic E-state index is 13.2. The normalized spacial score (nSPS) is 13.8. The first-order valence-corrected chi connectivity index (χ1v) is 13.3. The van der Waals surface area contributed by atoms with Crippen LogP contribution in [0.25, 0.3) is 0 Å². The van der Waals surface area contributed by atoms with Crippen molar-refractivity contribution in [3.63, 3.8) is 0 Å². The van der Waals surface area contributed by atoms with E-state index in [-0.39, 0.29) is 45.3 Å². The van der Waals surface area contributed by atoms with Crippen molar-refractivity contribution in [2.45, 2.75) is 58.6 Å². The molecule has 0 radical (unpaired) electrons. The Morgan fingerprint density at radius 2 is 1.75 bits per heavy atom. The molecule has 1 amide bonds. The number of benzene rings is 2. The molecule has 0 aliphatic heterocycles. The number of Topliss-reactive ketones (excluding diaryl/α,β-unsaturated/α-hetero) is 2. The molecule has 218 valence electrons. The maximum absolute atomic E-state index is 13.2. The zero-order valence-electron chi connectivity index (χ0n) is 21.8. The molecule has 12 heteroatoms. The molecule has 40 heavy (non-hydrogen) atoms. The predicted octanol–water partition coefficient (Wildman–Crippen LogP) is 7.29. The first-order chi connectivity index (χ1) is 18.6. The molecule has 2 aromatic carbocycles. The van der Waals surface area contributed by atoms with Gasteiger partial charge in [-0.1, -0.05) is 35.3 Å². The van der Waals surface area contributed by atoms with Crippen molar-refractivity contribution in [1.82, 2.24) is 5.32 Å². The predicted molar refractivity (Wildman–Crippen MR) is 141 cm³/mol. The third-order valence-electron chi connectivity index (χ3n) is 6.74. The molecule has 0 aromatic heterocycles. The van der Waals surface area contributed by atoms with E-state index in [4.69, 9.17) is 27.9 Å². The zero-order valence-corrected chi connectivity index (χ0v) is 23.3. The monoisotopic (exact) mass is 607 g/mol. The van der Waals surface area contributed by atoms with Gasteiger partial charge in [-0.3, -0.25) is 14.4 Å². The van der Waals surface area contributed by atoms with E-state index < -0.39 is 48.5 Å². The molecule has 5 nitrogen and oxygen atoms in total. The lowest BCUT2D eigenvalue weighted by molar-refractivity contribution is -0.210. The van der Waals surface area contributed by atoms with Crippen molar-refractivity contribution >= 4 is 40.7 Å². The molecule has 3 rings (SSSR count). The zero-order chi connectivity index (χ0) is 29.8. The molecule has 2 aromatic rings. The third kappa shape index (κ3) is 7.94. The maximum Gasteiger partial charge on any atom is 0.400 e. The fourth-order valence-electron chi connectivity index (χ4n) is 3.83. The molecular weight excluding hydrogens is 580 g/mol. The average Bonchev–Trinajstić information content (AvgIpc) is 3.69. The van der Waals surface area contributed by atoms with Gasteiger partial charge in [0.25, 0.3) is 12.3 Å². The summed E-state index contributed by atoms with van der Waals surface area (Å²) in [4.78, 5) is 38.3. The summed E-state index contributed by atoms with van der Waals surface area (Å²) in [6.07, 6.45) is -6.38. The van der Waals surface area contributed by atoms with Crippen LogP contribution in [0.15, 0.2) is 30.3 Å². The molecule has 0 spiro atoms. The number of halogens is 7. The molecule has 0 bridgehead atoms. The van der Waals surface area contributed by atoms with Crippen molar-refractivity contribution in [1.29, 1.82) is 0 Å². The van der Waals surface area contributed by atoms with Crippen molar-refractivity contribution in [3.8, 4) is 5.75 Å². The highest BCUT2D eigenvalue weighted by molar-refractivity contribution is 6.40. The van der Waals surface area contributed by atoms with Crippen LogP contribution >= 0.6 is 23.2 Å². The van der Waals surface area contributed by atoms with Gasteiger partial charge in [-0.2, -0.15) is 13.2 Å². The van der Waals surface area contributed by atoms with Gasteiger partial charge in [0, 0.05) is 19.4 Å². The highest BCUT2D eigenvalue weighted by Gasteiger charge is 2.52. The Kier molecular flexibility index (Phi) is 10.2. The van der Waals surface area contributed by atoms with Crippen molar-refractivity contribution < 1.29 is 41.1 Å². The molecule has 1 saturated carbocycles. The lowest BCUT2D eigenvalue weighted by atomic mass is 9.84. The summed E-state index contributed by atoms with van der Waals surface area (Å²) in [5.74, 6) is -1.81. The fraction of sp³-hybridized carbons (Fsp3) is 0.464. The third-order valence-corrected chi connectivity index (χ3v) is 7.49. The Morgan fingerprint density at radius 1 is 1.07 bits per heavy atom. The number of carbonyl (C=O) groups is 3. The highest BCUT2D eigenvalue weighted by Crippen LogP contribution is 2.40. The number of nitrogens with one attached hydrogen (secondary N) is 1. The Morgan fingerprint density at radius 3 is 2.35 bits per heavy atom. The number of hydrogen-bond acceptors (Lipinski definition) is 4. The van der Waals surface area contributed by atoms with E-state index in [2.05, 4.69) is 5.32 Å². The summed E-state index contributed by atoms with van der Waals surface area (Å²) in [6.45, 7) is 1.12. The fourth-order valence-corrected chi connectivity index (χ4v) is 4.51. The number of carbonyl (C=O) groups excluding carboxylic acids is 3. The smallest absolute Gasteiger partial charge is 0.400 e. The second-order valence-electron chi connectivity index (χ2n) is 10.2. The van der Waals surface area contributed by atoms with E-state index in [0.29, 0.717) is 18.0 Å². The lowest BCUT2D eigenvalue weighted by Crippen LogP contribution is -2.39. The van der Waals surface area contributed by atoms with Crippen LogP contribution in [0.1, 0.15) is 65.0 Å². The van der Waals surface area contributed by atoms with Gasteiger partial charge in [-0.05, 0) is 68.4 Å². The van der Waals surface area contributed by atoms with Crippen molar-refractivity contribution in [2.75, 3.05) is 13.2 Å². The first-order valence-electron chi connectivity index (χ1n) is 12.5. The largest absolute Gasteiger partial charge is 0.487 e. The van der Waals surface area contributed by atoms with E-state index in [0.717, 1.165) is 26.7 Å². The second-order valence-corrected chi connectivity index (χ2v) is 11.0. The minimum absolute atomic E-state index is 0.0000141. The second kappa shape index (κ2) is 12.9. The standard InChI is InChI=1S/C28H28Cl2F5NO4/c1-27(2,28(33,34)35)22(38)10-7-17-6-8-19(29)24(25(17)30)20(37)12-16-5-9-21(40-14-23(31)32)18(11-16)26(39)36-13-15-3-4-15/h5-6,8-9,11,15,23H,3-4,7,10,12-14H2,1-2H3,(H,36,39). The number of hydrogen-bond donors (Lipinski definition) is 1. The average molecular weight is 608 g/mol. The number of ketones is 2. The number of ether oxygens (including phenoxy) is 1. The van der Waals surface area contributed by atoms with E-state index in [9.17, 15) is 36.3 Å². The molecule has 1 N–H and O–H groups in total. The molecule has 0 heterocycles. The number of rotatable bonds is 13. The summed E-state index contributed by atoms with van der Waals surface area (Å²) in [5, 5.41) is 2.65. The van der Waals surface area contributed by atoms with Gasteiger partial charge >= 0.3 is 6.18 Å². The Labute approximate surface area is 238 Å². The van der Waals surface area contributed by atoms with Crippen LogP contribution in [0, 0.1) is 11.3 Å². The van der Waals surface area contributed by atoms with Gasteiger partial charge < -0.3 is 10.1 Å². The highest BCUT2D eigenvalue weighted by atomic mass is 35.5. The van der Waals surface area contributed by atoms with Gasteiger partial charge in [0.15, 0.2) is 5.78 Å². The molecule has 0 unspecified atom stereocenters. The minimum Gasteiger partial charge on any atom is -0.487 e. The molecule has 1 aliphatic rings. The van der Waals surface area contributed by atoms with Gasteiger partial charge in [0.1, 0.15) is 23.6 Å². The number of aryl methyl sites for hydroxylation is 1. The van der Waals surface area contributed by atoms with Crippen molar-refractivity contribution in [2.24, 2.45) is 11.3 Å². The van der Waals surface area contributed by atoms with Gasteiger partial charge in [0.2, 0.25) is 0 Å². The number of alkyl halides is 5. The topological polar surface area (TPSA) is 72.5 Å². The summed E-state index contributed by atoms with van der Waals surface area (Å²) in [6, 6.07) is 6.94. The van der Waals surface area contributed by atoms with Crippen molar-refractivity contribution in [3.05, 3.63) is 62.6 Å². The molecule has 1 aliphatic carbocycles. The summed E-state index contributed by atoms with van der Waals surface area (Å²) in [5.41, 5.74) is -2.01. The van der Waals surface area contributed by atoms with E-state index >= 15 is 0 Å². The van der Waals surface area contributed by atoms with Crippen LogP contribution in [0.4, 0.5) is 22.0 Å². The minimum atomic E-state index is -4.72. The van der Waals surface area contributed by atoms with Crippen LogP contribution in [0.3, 0.4) is 0 Å². The molecule has 1 fully saturated rings. The van der Waals surface area contributed by atoms with E-state index in [1.54, 1.807) is 0 Å². The van der Waals surface area contributed by atoms with Crippen LogP contribution in [-0.2, 0) is 17.6 Å². The van der Waals surface area contributed by atoms with Gasteiger partial charge in [-0.15, -0.1) is 0 Å². The Bertz CT molecular complexity index is 1280. The van der Waals surface area contributed by atoms with Crippen LogP contribution in [0.2, 0.25) is 10.0 Å². The summed E-state index contributed by atoms with van der Waals surface area (Å²) >= 11 is 12.7. The lowest BCUT2D eigenvalue weighted by Gasteiger charge is -2.26. The summed E-state index contributed by atoms with van der Waals surface area (Å²) in [7, 11) is 0. The first kappa shape index (κ1) is 31.8. The van der Waals surface area contributed by atoms with E-state index in [1.165, 1.54) is 30.3 Å². The number of amides is 1. The van der Waals surface area contributed by atoms with Crippen LogP contribution in [-0.4, -0.2) is 43.2 Å². The van der Waals surface area contributed by atoms with Gasteiger partial charge in [-0.25, -0.2) is 8.78 Å². The van der Waals surface area contributed by atoms with Crippen LogP contribution < -0.4 is 10.1 Å². The van der Waals surface area contributed by atoms with Crippen LogP contribution in [0.5, 0.6) is 5.75 Å². The van der Waals surface area contributed by atoms with Gasteiger partial charge in [0.05, 0.1) is 21.2 Å². The van der Waals surface area contributed by atoms with E-state index in [1.807, 2.05) is 0 Å². The quantitative estimate of drug-likeness (QED) is 0.192. The molecule has 0 atom stereocenters. The SMILES string of the molecule is CC(C)(C(=O)CCc1ccc(Cl)c(C(=O)Cc2ccc(OCC(F)F)c(C(=O)NCC3CC3)c2)c1Cl)C(F)(F)F. The molecular formula is C28H28Cl2F5NO4. The Hall–Kier alpha value is -2.72. The Balaban J connectivity index is 1.80. The summed E-state index contributed by atoms with van der Waals surface area (Å²) < 4.78 is 70.1. The molecule has 0 saturated heterocycles.